The number of hydrogen-bond donors (Lipinski definition) is 2. The van der Waals surface area contributed by atoms with Crippen LogP contribution in [0.15, 0.2) is 83.8 Å². The van der Waals surface area contributed by atoms with E-state index in [0.717, 1.165) is 12.1 Å². The van der Waals surface area contributed by atoms with Crippen LogP contribution in [0.1, 0.15) is 33.6 Å². The predicted octanol–water partition coefficient (Wildman–Crippen LogP) is 3.66. The molecule has 34 heavy (non-hydrogen) atoms. The Morgan fingerprint density at radius 1 is 0.824 bits per heavy atom. The molecule has 2 amide bonds. The Labute approximate surface area is 197 Å². The van der Waals surface area contributed by atoms with Crippen molar-refractivity contribution in [2.75, 3.05) is 18.4 Å². The zero-order valence-corrected chi connectivity index (χ0v) is 19.1. The van der Waals surface area contributed by atoms with Crippen LogP contribution in [0.2, 0.25) is 0 Å². The molecule has 0 aliphatic carbocycles. The number of piperidine rings is 1. The maximum absolute atomic E-state index is 13.1. The molecule has 1 aliphatic heterocycles. The summed E-state index contributed by atoms with van der Waals surface area (Å²) in [4.78, 5) is 26.8. The molecule has 0 aromatic heterocycles. The fourth-order valence-corrected chi connectivity index (χ4v) is 5.08. The van der Waals surface area contributed by atoms with Crippen LogP contribution in [0.4, 0.5) is 10.1 Å². The third-order valence-electron chi connectivity index (χ3n) is 5.65. The predicted molar refractivity (Wildman–Crippen MR) is 126 cm³/mol. The fourth-order valence-electron chi connectivity index (χ4n) is 3.77. The molecular weight excluding hydrogens is 457 g/mol. The van der Waals surface area contributed by atoms with Crippen LogP contribution >= 0.6 is 0 Å². The molecule has 2 N–H and O–H groups in total. The number of benzene rings is 3. The van der Waals surface area contributed by atoms with Crippen molar-refractivity contribution < 1.29 is 22.4 Å². The molecule has 0 radical (unpaired) electrons. The van der Waals surface area contributed by atoms with Gasteiger partial charge >= 0.3 is 0 Å². The van der Waals surface area contributed by atoms with Gasteiger partial charge in [-0.25, -0.2) is 17.5 Å². The number of nitrogens with zero attached hydrogens (tertiary/aromatic N) is 1. The molecule has 1 heterocycles. The number of anilines is 1. The van der Waals surface area contributed by atoms with Gasteiger partial charge in [-0.3, -0.25) is 9.59 Å². The summed E-state index contributed by atoms with van der Waals surface area (Å²) >= 11 is 0. The minimum atomic E-state index is -3.76. The lowest BCUT2D eigenvalue weighted by Gasteiger charge is -2.32. The van der Waals surface area contributed by atoms with E-state index in [4.69, 9.17) is 0 Å². The molecule has 4 rings (SSSR count). The smallest absolute Gasteiger partial charge is 0.255 e. The van der Waals surface area contributed by atoms with Crippen molar-refractivity contribution in [1.82, 2.24) is 9.62 Å². The van der Waals surface area contributed by atoms with Gasteiger partial charge in [-0.05, 0) is 73.5 Å². The molecule has 7 nitrogen and oxygen atoms in total. The number of carbonyl (C=O) groups excluding carboxylic acids is 2. The molecule has 0 spiro atoms. The average molecular weight is 482 g/mol. The summed E-state index contributed by atoms with van der Waals surface area (Å²) < 4.78 is 40.7. The second-order valence-electron chi connectivity index (χ2n) is 8.04. The third-order valence-corrected chi connectivity index (χ3v) is 7.19. The summed E-state index contributed by atoms with van der Waals surface area (Å²) in [6.45, 7) is 0.809. The van der Waals surface area contributed by atoms with Gasteiger partial charge in [0.05, 0.1) is 4.90 Å². The lowest BCUT2D eigenvalue weighted by Crippen LogP contribution is -2.46. The number of likely N-dealkylation sites (tertiary alicyclic amines) is 1. The third kappa shape index (κ3) is 5.67. The van der Waals surface area contributed by atoms with Crippen molar-refractivity contribution in [3.8, 4) is 0 Å². The van der Waals surface area contributed by atoms with Gasteiger partial charge in [-0.1, -0.05) is 18.2 Å². The number of hydrogen-bond acceptors (Lipinski definition) is 4. The van der Waals surface area contributed by atoms with Gasteiger partial charge < -0.3 is 10.2 Å². The first-order chi connectivity index (χ1) is 16.3. The average Bonchev–Trinajstić information content (AvgIpc) is 2.85. The van der Waals surface area contributed by atoms with Crippen LogP contribution in [0.3, 0.4) is 0 Å². The second kappa shape index (κ2) is 10.1. The van der Waals surface area contributed by atoms with E-state index < -0.39 is 15.8 Å². The van der Waals surface area contributed by atoms with Gasteiger partial charge in [0.15, 0.2) is 0 Å². The highest BCUT2D eigenvalue weighted by Crippen LogP contribution is 2.19. The van der Waals surface area contributed by atoms with Crippen LogP contribution in [0.5, 0.6) is 0 Å². The number of rotatable bonds is 6. The zero-order chi connectivity index (χ0) is 24.1. The molecule has 9 heteroatoms. The highest BCUT2D eigenvalue weighted by Gasteiger charge is 2.27. The SMILES string of the molecule is O=C(Nc1ccc(C(=O)N2CCC(NS(=O)(=O)c3ccc(F)cc3)CC2)cc1)c1ccccc1. The molecule has 0 saturated carbocycles. The molecule has 3 aromatic carbocycles. The van der Waals surface area contributed by atoms with Crippen molar-refractivity contribution in [2.24, 2.45) is 0 Å². The number of nitrogens with one attached hydrogen (secondary N) is 2. The Kier molecular flexibility index (Phi) is 7.04. The Morgan fingerprint density at radius 2 is 1.44 bits per heavy atom. The van der Waals surface area contributed by atoms with Gasteiger partial charge in [0.1, 0.15) is 5.82 Å². The Morgan fingerprint density at radius 3 is 2.06 bits per heavy atom. The summed E-state index contributed by atoms with van der Waals surface area (Å²) in [5.74, 6) is -0.886. The lowest BCUT2D eigenvalue weighted by atomic mass is 10.0. The summed E-state index contributed by atoms with van der Waals surface area (Å²) in [6.07, 6.45) is 0.939. The number of carbonyl (C=O) groups is 2. The zero-order valence-electron chi connectivity index (χ0n) is 18.3. The second-order valence-corrected chi connectivity index (χ2v) is 9.75. The maximum atomic E-state index is 13.1. The van der Waals surface area contributed by atoms with Gasteiger partial charge in [0.2, 0.25) is 10.0 Å². The first-order valence-corrected chi connectivity index (χ1v) is 12.3. The van der Waals surface area contributed by atoms with Crippen LogP contribution in [-0.2, 0) is 10.0 Å². The van der Waals surface area contributed by atoms with E-state index in [1.54, 1.807) is 53.4 Å². The molecule has 0 unspecified atom stereocenters. The van der Waals surface area contributed by atoms with E-state index in [2.05, 4.69) is 10.0 Å². The molecule has 3 aromatic rings. The largest absolute Gasteiger partial charge is 0.339 e. The van der Waals surface area contributed by atoms with Crippen LogP contribution in [0.25, 0.3) is 0 Å². The molecule has 0 bridgehead atoms. The van der Waals surface area contributed by atoms with E-state index in [1.807, 2.05) is 6.07 Å². The van der Waals surface area contributed by atoms with Crippen molar-refractivity contribution in [3.63, 3.8) is 0 Å². The Hall–Kier alpha value is -3.56. The monoisotopic (exact) mass is 481 g/mol. The number of sulfonamides is 1. The first kappa shape index (κ1) is 23.6. The highest BCUT2D eigenvalue weighted by molar-refractivity contribution is 7.89. The van der Waals surface area contributed by atoms with Crippen molar-refractivity contribution in [3.05, 3.63) is 95.8 Å². The van der Waals surface area contributed by atoms with Gasteiger partial charge in [0.25, 0.3) is 11.8 Å². The topological polar surface area (TPSA) is 95.6 Å². The summed E-state index contributed by atoms with van der Waals surface area (Å²) in [7, 11) is -3.76. The van der Waals surface area contributed by atoms with Crippen LogP contribution in [-0.4, -0.2) is 44.3 Å². The number of amides is 2. The van der Waals surface area contributed by atoms with Gasteiger partial charge in [0, 0.05) is 35.9 Å². The van der Waals surface area contributed by atoms with E-state index in [0.29, 0.717) is 42.7 Å². The quantitative estimate of drug-likeness (QED) is 0.562. The van der Waals surface area contributed by atoms with Gasteiger partial charge in [-0.2, -0.15) is 0 Å². The summed E-state index contributed by atoms with van der Waals surface area (Å²) in [5, 5.41) is 2.80. The van der Waals surface area contributed by atoms with E-state index in [-0.39, 0.29) is 22.8 Å². The number of halogens is 1. The van der Waals surface area contributed by atoms with Crippen LogP contribution in [0, 0.1) is 5.82 Å². The minimum absolute atomic E-state index is 0.00634. The summed E-state index contributed by atoms with van der Waals surface area (Å²) in [6, 6.07) is 19.9. The molecule has 1 fully saturated rings. The highest BCUT2D eigenvalue weighted by atomic mass is 32.2. The molecule has 0 atom stereocenters. The van der Waals surface area contributed by atoms with E-state index >= 15 is 0 Å². The maximum Gasteiger partial charge on any atom is 0.255 e. The molecule has 1 aliphatic rings. The normalized spacial score (nSPS) is 14.6. The molecular formula is C25H24FN3O4S. The fraction of sp³-hybridized carbons (Fsp3) is 0.200. The van der Waals surface area contributed by atoms with Gasteiger partial charge in [-0.15, -0.1) is 0 Å². The lowest BCUT2D eigenvalue weighted by molar-refractivity contribution is 0.0711. The molecule has 176 valence electrons. The van der Waals surface area contributed by atoms with Crippen molar-refractivity contribution in [1.29, 1.82) is 0 Å². The minimum Gasteiger partial charge on any atom is -0.339 e. The van der Waals surface area contributed by atoms with Crippen molar-refractivity contribution >= 4 is 27.5 Å². The first-order valence-electron chi connectivity index (χ1n) is 10.9. The van der Waals surface area contributed by atoms with Crippen LogP contribution < -0.4 is 10.0 Å². The Bertz CT molecular complexity index is 1260. The van der Waals surface area contributed by atoms with E-state index in [1.165, 1.54) is 12.1 Å². The van der Waals surface area contributed by atoms with Crippen molar-refractivity contribution in [2.45, 2.75) is 23.8 Å². The summed E-state index contributed by atoms with van der Waals surface area (Å²) in [5.41, 5.74) is 1.61. The van der Waals surface area contributed by atoms with E-state index in [9.17, 15) is 22.4 Å². The standard InChI is InChI=1S/C25H24FN3O4S/c26-20-8-12-23(13-9-20)34(32,33)28-22-14-16-29(17-15-22)25(31)19-6-10-21(11-7-19)27-24(30)18-4-2-1-3-5-18/h1-13,22,28H,14-17H2,(H,27,30). The molecule has 1 saturated heterocycles. The Balaban J connectivity index is 1.31.